The number of fused-ring (bicyclic) bond motifs is 1. The van der Waals surface area contributed by atoms with E-state index in [9.17, 15) is 4.79 Å². The van der Waals surface area contributed by atoms with Crippen LogP contribution in [0.15, 0.2) is 72.1 Å². The molecule has 2 aromatic carbocycles. The fourth-order valence-electron chi connectivity index (χ4n) is 3.96. The van der Waals surface area contributed by atoms with Gasteiger partial charge in [0, 0.05) is 16.9 Å². The Labute approximate surface area is 164 Å². The number of carbonyl (C=O) groups excluding carboxylic acids is 1. The van der Waals surface area contributed by atoms with E-state index < -0.39 is 0 Å². The summed E-state index contributed by atoms with van der Waals surface area (Å²) < 4.78 is 0. The highest BCUT2D eigenvalue weighted by molar-refractivity contribution is 7.10. The molecule has 0 fully saturated rings. The summed E-state index contributed by atoms with van der Waals surface area (Å²) in [6, 6.07) is 22.9. The van der Waals surface area contributed by atoms with E-state index in [0.29, 0.717) is 12.6 Å². The summed E-state index contributed by atoms with van der Waals surface area (Å²) >= 11 is 1.84. The van der Waals surface area contributed by atoms with E-state index in [-0.39, 0.29) is 11.9 Å². The highest BCUT2D eigenvalue weighted by Crippen LogP contribution is 2.25. The minimum absolute atomic E-state index is 0.105. The van der Waals surface area contributed by atoms with Gasteiger partial charge in [-0.05, 0) is 29.5 Å². The van der Waals surface area contributed by atoms with Crippen molar-refractivity contribution in [1.82, 2.24) is 5.32 Å². The molecule has 0 aliphatic carbocycles. The molecular weight excluding hydrogens is 352 g/mol. The maximum Gasteiger partial charge on any atom is 0.275 e. The van der Waals surface area contributed by atoms with Crippen molar-refractivity contribution in [1.29, 1.82) is 0 Å². The van der Waals surface area contributed by atoms with Crippen LogP contribution in [0, 0.1) is 0 Å². The Morgan fingerprint density at radius 2 is 1.70 bits per heavy atom. The summed E-state index contributed by atoms with van der Waals surface area (Å²) in [5.41, 5.74) is 3.63. The SMILES string of the molecule is C[C@H]1c2ccsc2CC[NH+]1CC(=O)NC(c1ccccc1)c1ccccc1. The zero-order valence-electron chi connectivity index (χ0n) is 15.5. The molecule has 3 aromatic rings. The molecule has 0 spiro atoms. The first kappa shape index (κ1) is 18.0. The van der Waals surface area contributed by atoms with Crippen molar-refractivity contribution in [2.45, 2.75) is 25.4 Å². The average Bonchev–Trinajstić information content (AvgIpc) is 3.19. The number of nitrogens with one attached hydrogen (secondary N) is 2. The second-order valence-corrected chi connectivity index (χ2v) is 8.18. The lowest BCUT2D eigenvalue weighted by Crippen LogP contribution is -3.14. The van der Waals surface area contributed by atoms with Crippen LogP contribution in [-0.4, -0.2) is 19.0 Å². The second kappa shape index (κ2) is 8.07. The molecule has 0 radical (unpaired) electrons. The maximum atomic E-state index is 12.9. The topological polar surface area (TPSA) is 33.5 Å². The normalized spacial score (nSPS) is 18.9. The molecule has 1 aromatic heterocycles. The van der Waals surface area contributed by atoms with E-state index in [1.807, 2.05) is 47.7 Å². The van der Waals surface area contributed by atoms with E-state index in [0.717, 1.165) is 24.1 Å². The highest BCUT2D eigenvalue weighted by atomic mass is 32.1. The third-order valence-electron chi connectivity index (χ3n) is 5.49. The second-order valence-electron chi connectivity index (χ2n) is 7.18. The molecule has 0 bridgehead atoms. The summed E-state index contributed by atoms with van der Waals surface area (Å²) in [5, 5.41) is 5.45. The van der Waals surface area contributed by atoms with Crippen molar-refractivity contribution in [2.24, 2.45) is 0 Å². The van der Waals surface area contributed by atoms with Gasteiger partial charge in [0.05, 0.1) is 12.6 Å². The Bertz CT molecular complexity index is 852. The number of benzene rings is 2. The van der Waals surface area contributed by atoms with Crippen molar-refractivity contribution in [3.8, 4) is 0 Å². The molecule has 4 heteroatoms. The van der Waals surface area contributed by atoms with E-state index >= 15 is 0 Å². The van der Waals surface area contributed by atoms with Crippen LogP contribution < -0.4 is 10.2 Å². The molecule has 0 saturated heterocycles. The predicted molar refractivity (Wildman–Crippen MR) is 110 cm³/mol. The van der Waals surface area contributed by atoms with Gasteiger partial charge in [-0.2, -0.15) is 0 Å². The summed E-state index contributed by atoms with van der Waals surface area (Å²) in [7, 11) is 0. The Balaban J connectivity index is 1.49. The Morgan fingerprint density at radius 3 is 2.33 bits per heavy atom. The maximum absolute atomic E-state index is 12.9. The van der Waals surface area contributed by atoms with Crippen LogP contribution in [0.3, 0.4) is 0 Å². The standard InChI is InChI=1S/C23H24N2OS/c1-17-20-13-15-27-21(20)12-14-25(17)16-22(26)24-23(18-8-4-2-5-9-18)19-10-6-3-7-11-19/h2-11,13,15,17,23H,12,14,16H2,1H3,(H,24,26)/p+1/t17-/m0/s1. The first-order valence-electron chi connectivity index (χ1n) is 9.52. The third-order valence-corrected chi connectivity index (χ3v) is 6.49. The van der Waals surface area contributed by atoms with Crippen LogP contribution in [0.1, 0.15) is 40.6 Å². The van der Waals surface area contributed by atoms with Crippen molar-refractivity contribution in [2.75, 3.05) is 13.1 Å². The number of quaternary nitrogens is 1. The van der Waals surface area contributed by atoms with Gasteiger partial charge in [0.1, 0.15) is 6.04 Å². The van der Waals surface area contributed by atoms with Gasteiger partial charge in [0.25, 0.3) is 5.91 Å². The number of amides is 1. The summed E-state index contributed by atoms with van der Waals surface area (Å²) in [4.78, 5) is 15.8. The fraction of sp³-hybridized carbons (Fsp3) is 0.261. The van der Waals surface area contributed by atoms with Crippen LogP contribution in [-0.2, 0) is 11.2 Å². The van der Waals surface area contributed by atoms with Crippen molar-refractivity contribution in [3.63, 3.8) is 0 Å². The molecule has 2 heterocycles. The highest BCUT2D eigenvalue weighted by Gasteiger charge is 2.30. The minimum Gasteiger partial charge on any atom is -0.340 e. The van der Waals surface area contributed by atoms with E-state index in [1.165, 1.54) is 15.3 Å². The Morgan fingerprint density at radius 1 is 1.07 bits per heavy atom. The van der Waals surface area contributed by atoms with Crippen molar-refractivity contribution < 1.29 is 9.69 Å². The molecule has 138 valence electrons. The molecule has 27 heavy (non-hydrogen) atoms. The van der Waals surface area contributed by atoms with Gasteiger partial charge in [-0.3, -0.25) is 4.79 Å². The van der Waals surface area contributed by atoms with Gasteiger partial charge < -0.3 is 10.2 Å². The number of hydrogen-bond donors (Lipinski definition) is 2. The smallest absolute Gasteiger partial charge is 0.275 e. The monoisotopic (exact) mass is 377 g/mol. The minimum atomic E-state index is -0.115. The van der Waals surface area contributed by atoms with Crippen LogP contribution in [0.2, 0.25) is 0 Å². The quantitative estimate of drug-likeness (QED) is 0.704. The van der Waals surface area contributed by atoms with Crippen molar-refractivity contribution >= 4 is 17.2 Å². The molecule has 2 N–H and O–H groups in total. The molecule has 1 unspecified atom stereocenters. The number of carbonyl (C=O) groups is 1. The van der Waals surface area contributed by atoms with Gasteiger partial charge in [0.15, 0.2) is 6.54 Å². The average molecular weight is 378 g/mol. The fourth-order valence-corrected chi connectivity index (χ4v) is 4.94. The molecule has 1 aliphatic heterocycles. The summed E-state index contributed by atoms with van der Waals surface area (Å²) in [5.74, 6) is 0.105. The van der Waals surface area contributed by atoms with Gasteiger partial charge >= 0.3 is 0 Å². The van der Waals surface area contributed by atoms with Gasteiger partial charge in [0.2, 0.25) is 0 Å². The first-order chi connectivity index (χ1) is 13.2. The number of rotatable bonds is 5. The zero-order valence-corrected chi connectivity index (χ0v) is 16.3. The third kappa shape index (κ3) is 3.97. The van der Waals surface area contributed by atoms with Crippen LogP contribution in [0.25, 0.3) is 0 Å². The molecule has 4 rings (SSSR count). The summed E-state index contributed by atoms with van der Waals surface area (Å²) in [6.45, 7) is 3.76. The van der Waals surface area contributed by atoms with Gasteiger partial charge in [-0.15, -0.1) is 11.3 Å². The lowest BCUT2D eigenvalue weighted by Gasteiger charge is -2.30. The van der Waals surface area contributed by atoms with E-state index in [4.69, 9.17) is 0 Å². The lowest BCUT2D eigenvalue weighted by atomic mass is 9.98. The Hall–Kier alpha value is -2.43. The van der Waals surface area contributed by atoms with Crippen LogP contribution in [0.4, 0.5) is 0 Å². The molecule has 2 atom stereocenters. The predicted octanol–water partition coefficient (Wildman–Crippen LogP) is 3.16. The van der Waals surface area contributed by atoms with Crippen LogP contribution in [0.5, 0.6) is 0 Å². The molecule has 1 amide bonds. The van der Waals surface area contributed by atoms with Crippen molar-refractivity contribution in [3.05, 3.63) is 93.7 Å². The van der Waals surface area contributed by atoms with Crippen LogP contribution >= 0.6 is 11.3 Å². The Kier molecular flexibility index (Phi) is 5.37. The zero-order chi connectivity index (χ0) is 18.6. The summed E-state index contributed by atoms with van der Waals surface area (Å²) in [6.07, 6.45) is 1.07. The lowest BCUT2D eigenvalue weighted by molar-refractivity contribution is -0.924. The molecule has 1 aliphatic rings. The number of hydrogen-bond acceptors (Lipinski definition) is 2. The largest absolute Gasteiger partial charge is 0.340 e. The molecule has 0 saturated carbocycles. The van der Waals surface area contributed by atoms with E-state index in [1.54, 1.807) is 0 Å². The van der Waals surface area contributed by atoms with E-state index in [2.05, 4.69) is 48.0 Å². The number of thiophene rings is 1. The van der Waals surface area contributed by atoms with Gasteiger partial charge in [-0.1, -0.05) is 60.7 Å². The first-order valence-corrected chi connectivity index (χ1v) is 10.4. The molecule has 3 nitrogen and oxygen atoms in total. The van der Waals surface area contributed by atoms with Gasteiger partial charge in [-0.25, -0.2) is 0 Å². The molecular formula is C23H25N2OS+.